The molecule has 2 N–H and O–H groups in total. The highest BCUT2D eigenvalue weighted by atomic mass is 32.1. The number of carboxylic acid groups (broad SMARTS) is 1. The zero-order chi connectivity index (χ0) is 22.2. The standard InChI is InChI=1S/C18H20N6O3S.CH2O2/c1-26-12-7-6-11(9-13(12)27-2)10-15-21-23-18(28-15)19-17(25)16-22-20-14-5-3-4-8-24(14)16;2-1-3/h6-7,9H,3-5,8,10H2,1-2H3,(H,19,23,25);1H,(H,2,3). The van der Waals surface area contributed by atoms with Crippen molar-refractivity contribution >= 4 is 28.8 Å². The minimum atomic E-state index is -0.311. The number of ether oxygens (including phenoxy) is 2. The van der Waals surface area contributed by atoms with Crippen molar-refractivity contribution in [3.05, 3.63) is 40.4 Å². The molecule has 3 aromatic rings. The van der Waals surface area contributed by atoms with Crippen LogP contribution in [0.3, 0.4) is 0 Å². The Morgan fingerprint density at radius 2 is 1.97 bits per heavy atom. The first kappa shape index (κ1) is 22.2. The summed E-state index contributed by atoms with van der Waals surface area (Å²) in [7, 11) is 3.20. The van der Waals surface area contributed by atoms with Crippen molar-refractivity contribution in [1.29, 1.82) is 0 Å². The molecule has 1 aliphatic heterocycles. The number of methoxy groups -OCH3 is 2. The van der Waals surface area contributed by atoms with Crippen LogP contribution in [0.5, 0.6) is 11.5 Å². The van der Waals surface area contributed by atoms with Crippen LogP contribution in [-0.2, 0) is 24.2 Å². The van der Waals surface area contributed by atoms with Crippen molar-refractivity contribution < 1.29 is 24.2 Å². The van der Waals surface area contributed by atoms with Gasteiger partial charge in [0, 0.05) is 19.4 Å². The molecule has 0 aliphatic carbocycles. The van der Waals surface area contributed by atoms with Gasteiger partial charge in [-0.2, -0.15) is 0 Å². The zero-order valence-electron chi connectivity index (χ0n) is 17.1. The van der Waals surface area contributed by atoms with Gasteiger partial charge in [-0.3, -0.25) is 14.9 Å². The average Bonchev–Trinajstić information content (AvgIpc) is 3.41. The van der Waals surface area contributed by atoms with Gasteiger partial charge >= 0.3 is 0 Å². The van der Waals surface area contributed by atoms with Gasteiger partial charge in [0.05, 0.1) is 14.2 Å². The summed E-state index contributed by atoms with van der Waals surface area (Å²) in [6, 6.07) is 5.71. The van der Waals surface area contributed by atoms with Crippen LogP contribution in [0.15, 0.2) is 18.2 Å². The maximum absolute atomic E-state index is 12.5. The molecule has 0 fully saturated rings. The van der Waals surface area contributed by atoms with Crippen molar-refractivity contribution in [2.75, 3.05) is 19.5 Å². The molecule has 0 atom stereocenters. The molecule has 0 saturated carbocycles. The molecule has 3 heterocycles. The third-order valence-corrected chi connectivity index (χ3v) is 5.39. The van der Waals surface area contributed by atoms with E-state index in [4.69, 9.17) is 19.4 Å². The van der Waals surface area contributed by atoms with Crippen molar-refractivity contribution in [2.24, 2.45) is 0 Å². The highest BCUT2D eigenvalue weighted by Gasteiger charge is 2.22. The lowest BCUT2D eigenvalue weighted by atomic mass is 10.1. The van der Waals surface area contributed by atoms with Gasteiger partial charge in [0.15, 0.2) is 11.5 Å². The Bertz CT molecular complexity index is 1050. The molecule has 0 saturated heterocycles. The number of nitrogens with zero attached hydrogens (tertiary/aromatic N) is 5. The minimum absolute atomic E-state index is 0.250. The molecule has 1 aliphatic rings. The van der Waals surface area contributed by atoms with Crippen LogP contribution in [0, 0.1) is 0 Å². The van der Waals surface area contributed by atoms with Crippen molar-refractivity contribution in [3.63, 3.8) is 0 Å². The number of benzene rings is 1. The number of aryl methyl sites for hydroxylation is 1. The summed E-state index contributed by atoms with van der Waals surface area (Å²) in [4.78, 5) is 20.9. The summed E-state index contributed by atoms with van der Waals surface area (Å²) in [6.07, 6.45) is 3.54. The minimum Gasteiger partial charge on any atom is -0.493 e. The molecule has 12 heteroatoms. The quantitative estimate of drug-likeness (QED) is 0.544. The average molecular weight is 446 g/mol. The topological polar surface area (TPSA) is 141 Å². The Morgan fingerprint density at radius 3 is 2.71 bits per heavy atom. The molecule has 1 amide bonds. The number of carbonyl (C=O) groups excluding carboxylic acids is 1. The van der Waals surface area contributed by atoms with Crippen LogP contribution in [0.1, 0.15) is 39.9 Å². The Hall–Kier alpha value is -3.54. The summed E-state index contributed by atoms with van der Waals surface area (Å²) >= 11 is 1.33. The monoisotopic (exact) mass is 446 g/mol. The van der Waals surface area contributed by atoms with Gasteiger partial charge < -0.3 is 19.1 Å². The van der Waals surface area contributed by atoms with Crippen LogP contribution in [-0.4, -0.2) is 56.7 Å². The summed E-state index contributed by atoms with van der Waals surface area (Å²) in [5, 5.41) is 27.3. The third kappa shape index (κ3) is 5.34. The van der Waals surface area contributed by atoms with Crippen LogP contribution in [0.4, 0.5) is 5.13 Å². The van der Waals surface area contributed by atoms with Crippen LogP contribution in [0.2, 0.25) is 0 Å². The molecule has 164 valence electrons. The molecule has 0 bridgehead atoms. The van der Waals surface area contributed by atoms with Crippen molar-refractivity contribution in [3.8, 4) is 11.5 Å². The van der Waals surface area contributed by atoms with E-state index in [0.29, 0.717) is 28.9 Å². The fraction of sp³-hybridized carbons (Fsp3) is 0.368. The van der Waals surface area contributed by atoms with Gasteiger partial charge in [-0.25, -0.2) is 0 Å². The SMILES string of the molecule is COc1ccc(Cc2nnc(NC(=O)c3nnc4n3CCCC4)s2)cc1OC.O=CO. The first-order valence-electron chi connectivity index (χ1n) is 9.44. The molecular formula is C19H22N6O5S. The Balaban J connectivity index is 0.000000858. The number of nitrogens with one attached hydrogen (secondary N) is 1. The number of aromatic nitrogens is 5. The van der Waals surface area contributed by atoms with Crippen molar-refractivity contribution in [1.82, 2.24) is 25.0 Å². The first-order chi connectivity index (χ1) is 15.1. The number of carbonyl (C=O) groups is 2. The van der Waals surface area contributed by atoms with E-state index in [-0.39, 0.29) is 12.4 Å². The first-order valence-corrected chi connectivity index (χ1v) is 10.3. The smallest absolute Gasteiger partial charge is 0.295 e. The normalized spacial score (nSPS) is 12.2. The fourth-order valence-electron chi connectivity index (χ4n) is 3.17. The number of amides is 1. The number of hydrogen-bond acceptors (Lipinski definition) is 9. The lowest BCUT2D eigenvalue weighted by Crippen LogP contribution is -2.21. The lowest BCUT2D eigenvalue weighted by Gasteiger charge is -2.13. The van der Waals surface area contributed by atoms with Gasteiger partial charge in [0.1, 0.15) is 10.8 Å². The van der Waals surface area contributed by atoms with E-state index in [9.17, 15) is 4.79 Å². The second-order valence-corrected chi connectivity index (χ2v) is 7.54. The van der Waals surface area contributed by atoms with Gasteiger partial charge in [-0.05, 0) is 30.5 Å². The molecule has 0 radical (unpaired) electrons. The molecule has 1 aromatic carbocycles. The predicted molar refractivity (Wildman–Crippen MR) is 112 cm³/mol. The maximum Gasteiger partial charge on any atom is 0.295 e. The molecule has 4 rings (SSSR count). The summed E-state index contributed by atoms with van der Waals surface area (Å²) < 4.78 is 12.5. The van der Waals surface area contributed by atoms with E-state index in [0.717, 1.165) is 42.2 Å². The third-order valence-electron chi connectivity index (χ3n) is 4.55. The maximum atomic E-state index is 12.5. The summed E-state index contributed by atoms with van der Waals surface area (Å²) in [6.45, 7) is 0.520. The Kier molecular flexibility index (Phi) is 7.49. The van der Waals surface area contributed by atoms with Gasteiger partial charge in [0.25, 0.3) is 12.4 Å². The van der Waals surface area contributed by atoms with Gasteiger partial charge in [-0.15, -0.1) is 20.4 Å². The second kappa shape index (κ2) is 10.5. The second-order valence-electron chi connectivity index (χ2n) is 6.48. The molecule has 11 nitrogen and oxygen atoms in total. The van der Waals surface area contributed by atoms with Crippen LogP contribution in [0.25, 0.3) is 0 Å². The number of anilines is 1. The van der Waals surface area contributed by atoms with Gasteiger partial charge in [0.2, 0.25) is 11.0 Å². The predicted octanol–water partition coefficient (Wildman–Crippen LogP) is 2.03. The Labute approximate surface area is 182 Å². The van der Waals surface area contributed by atoms with E-state index in [1.54, 1.807) is 14.2 Å². The molecule has 31 heavy (non-hydrogen) atoms. The van der Waals surface area contributed by atoms with E-state index in [2.05, 4.69) is 25.7 Å². The van der Waals surface area contributed by atoms with E-state index < -0.39 is 0 Å². The molecule has 0 spiro atoms. The lowest BCUT2D eigenvalue weighted by molar-refractivity contribution is -0.122. The Morgan fingerprint density at radius 1 is 1.19 bits per heavy atom. The largest absolute Gasteiger partial charge is 0.493 e. The van der Waals surface area contributed by atoms with Gasteiger partial charge in [-0.1, -0.05) is 17.4 Å². The number of rotatable bonds is 6. The van der Waals surface area contributed by atoms with E-state index in [1.807, 2.05) is 22.8 Å². The number of hydrogen-bond donors (Lipinski definition) is 2. The number of fused-ring (bicyclic) bond motifs is 1. The molecule has 2 aromatic heterocycles. The highest BCUT2D eigenvalue weighted by molar-refractivity contribution is 7.15. The van der Waals surface area contributed by atoms with Crippen molar-refractivity contribution in [2.45, 2.75) is 32.2 Å². The molecular weight excluding hydrogens is 424 g/mol. The zero-order valence-corrected chi connectivity index (χ0v) is 17.9. The van der Waals surface area contributed by atoms with Crippen LogP contribution >= 0.6 is 11.3 Å². The van der Waals surface area contributed by atoms with E-state index >= 15 is 0 Å². The van der Waals surface area contributed by atoms with Crippen LogP contribution < -0.4 is 14.8 Å². The highest BCUT2D eigenvalue weighted by Crippen LogP contribution is 2.29. The fourth-order valence-corrected chi connectivity index (χ4v) is 3.94. The van der Waals surface area contributed by atoms with E-state index in [1.165, 1.54) is 11.3 Å². The summed E-state index contributed by atoms with van der Waals surface area (Å²) in [5.41, 5.74) is 1.01. The summed E-state index contributed by atoms with van der Waals surface area (Å²) in [5.74, 6) is 2.21. The molecule has 0 unspecified atom stereocenters.